The summed E-state index contributed by atoms with van der Waals surface area (Å²) in [6.45, 7) is 6.67. The van der Waals surface area contributed by atoms with E-state index in [1.54, 1.807) is 0 Å². The number of hydrogen-bond donors (Lipinski definition) is 2. The van der Waals surface area contributed by atoms with Crippen LogP contribution in [-0.4, -0.2) is 62.0 Å². The van der Waals surface area contributed by atoms with Gasteiger partial charge < -0.3 is 16.0 Å². The van der Waals surface area contributed by atoms with Crippen LogP contribution in [0.3, 0.4) is 0 Å². The summed E-state index contributed by atoms with van der Waals surface area (Å²) in [5.74, 6) is -0.0189. The Morgan fingerprint density at radius 1 is 1.13 bits per heavy atom. The molecule has 1 saturated heterocycles. The molecule has 1 aliphatic heterocycles. The van der Waals surface area contributed by atoms with Crippen molar-refractivity contribution in [2.75, 3.05) is 46.3 Å². The molecule has 132 valence electrons. The molecule has 0 aromatic heterocycles. The zero-order valence-corrected chi connectivity index (χ0v) is 15.3. The minimum Gasteiger partial charge on any atom is -0.352 e. The first kappa shape index (κ1) is 22.1. The fraction of sp³-hybridized carbons (Fsp3) is 0.562. The number of benzene rings is 1. The van der Waals surface area contributed by atoms with E-state index >= 15 is 0 Å². The van der Waals surface area contributed by atoms with Crippen LogP contribution in [0.25, 0.3) is 0 Å². The van der Waals surface area contributed by atoms with Gasteiger partial charge in [0, 0.05) is 44.8 Å². The maximum Gasteiger partial charge on any atom is 0.251 e. The van der Waals surface area contributed by atoms with Gasteiger partial charge in [-0.15, -0.1) is 24.8 Å². The van der Waals surface area contributed by atoms with Crippen molar-refractivity contribution in [2.24, 2.45) is 5.73 Å². The topological polar surface area (TPSA) is 61.6 Å². The van der Waals surface area contributed by atoms with Crippen molar-refractivity contribution in [3.63, 3.8) is 0 Å². The zero-order valence-electron chi connectivity index (χ0n) is 13.7. The standard InChI is InChI=1S/C16H26N4O.2ClH/c1-19-9-11-20(12-10-19)13-14-3-5-15(6-4-14)16(21)18-8-2-7-17;;/h3-6H,2,7-13,17H2,1H3,(H,18,21);2*1H. The van der Waals surface area contributed by atoms with Gasteiger partial charge in [0.15, 0.2) is 0 Å². The molecule has 1 heterocycles. The Hall–Kier alpha value is -0.850. The Bertz CT molecular complexity index is 448. The van der Waals surface area contributed by atoms with Gasteiger partial charge in [-0.25, -0.2) is 0 Å². The monoisotopic (exact) mass is 362 g/mol. The molecule has 0 bridgehead atoms. The van der Waals surface area contributed by atoms with E-state index in [1.165, 1.54) is 5.56 Å². The van der Waals surface area contributed by atoms with Crippen LogP contribution in [-0.2, 0) is 6.54 Å². The molecule has 0 unspecified atom stereocenters. The molecule has 0 radical (unpaired) electrons. The maximum atomic E-state index is 11.9. The molecule has 1 fully saturated rings. The fourth-order valence-corrected chi connectivity index (χ4v) is 2.43. The predicted molar refractivity (Wildman–Crippen MR) is 99.7 cm³/mol. The molecule has 3 N–H and O–H groups in total. The number of rotatable bonds is 6. The third-order valence-corrected chi connectivity index (χ3v) is 3.88. The number of carbonyl (C=O) groups excluding carboxylic acids is 1. The summed E-state index contributed by atoms with van der Waals surface area (Å²) in [6.07, 6.45) is 0.813. The summed E-state index contributed by atoms with van der Waals surface area (Å²) in [7, 11) is 2.16. The van der Waals surface area contributed by atoms with Crippen LogP contribution in [0.15, 0.2) is 24.3 Å². The highest BCUT2D eigenvalue weighted by atomic mass is 35.5. The molecule has 5 nitrogen and oxygen atoms in total. The number of nitrogens with one attached hydrogen (secondary N) is 1. The van der Waals surface area contributed by atoms with Crippen LogP contribution in [0, 0.1) is 0 Å². The van der Waals surface area contributed by atoms with E-state index in [4.69, 9.17) is 5.73 Å². The van der Waals surface area contributed by atoms with Gasteiger partial charge in [-0.2, -0.15) is 0 Å². The van der Waals surface area contributed by atoms with Gasteiger partial charge in [0.2, 0.25) is 0 Å². The lowest BCUT2D eigenvalue weighted by molar-refractivity contribution is 0.0953. The van der Waals surface area contributed by atoms with Crippen LogP contribution < -0.4 is 11.1 Å². The van der Waals surface area contributed by atoms with E-state index in [0.29, 0.717) is 18.7 Å². The van der Waals surface area contributed by atoms with Gasteiger partial charge in [0.25, 0.3) is 5.91 Å². The van der Waals surface area contributed by atoms with Gasteiger partial charge in [0.1, 0.15) is 0 Å². The van der Waals surface area contributed by atoms with Crippen LogP contribution in [0.5, 0.6) is 0 Å². The summed E-state index contributed by atoms with van der Waals surface area (Å²) in [4.78, 5) is 16.7. The Morgan fingerprint density at radius 3 is 2.30 bits per heavy atom. The molecule has 1 aliphatic rings. The first-order valence-electron chi connectivity index (χ1n) is 7.67. The molecule has 7 heteroatoms. The Morgan fingerprint density at radius 2 is 1.74 bits per heavy atom. The molecular weight excluding hydrogens is 335 g/mol. The molecule has 0 aliphatic carbocycles. The first-order chi connectivity index (χ1) is 10.2. The van der Waals surface area contributed by atoms with Gasteiger partial charge in [-0.05, 0) is 37.7 Å². The van der Waals surface area contributed by atoms with Gasteiger partial charge in [-0.3, -0.25) is 9.69 Å². The minimum atomic E-state index is -0.0189. The number of hydrogen-bond acceptors (Lipinski definition) is 4. The smallest absolute Gasteiger partial charge is 0.251 e. The van der Waals surface area contributed by atoms with Gasteiger partial charge in [0.05, 0.1) is 0 Å². The lowest BCUT2D eigenvalue weighted by Gasteiger charge is -2.32. The second-order valence-electron chi connectivity index (χ2n) is 5.67. The normalized spacial score (nSPS) is 15.4. The van der Waals surface area contributed by atoms with Crippen LogP contribution in [0.2, 0.25) is 0 Å². The second kappa shape index (κ2) is 11.6. The Balaban J connectivity index is 0.00000242. The van der Waals surface area contributed by atoms with E-state index < -0.39 is 0 Å². The quantitative estimate of drug-likeness (QED) is 0.750. The van der Waals surface area contributed by atoms with Crippen molar-refractivity contribution < 1.29 is 4.79 Å². The summed E-state index contributed by atoms with van der Waals surface area (Å²) in [5, 5.41) is 2.87. The molecule has 2 rings (SSSR count). The number of likely N-dealkylation sites (N-methyl/N-ethyl adjacent to an activating group) is 1. The largest absolute Gasteiger partial charge is 0.352 e. The lowest BCUT2D eigenvalue weighted by Crippen LogP contribution is -2.43. The molecule has 23 heavy (non-hydrogen) atoms. The number of carbonyl (C=O) groups is 1. The number of amides is 1. The third-order valence-electron chi connectivity index (χ3n) is 3.88. The van der Waals surface area contributed by atoms with E-state index in [-0.39, 0.29) is 30.7 Å². The third kappa shape index (κ3) is 7.50. The van der Waals surface area contributed by atoms with E-state index in [9.17, 15) is 4.79 Å². The fourth-order valence-electron chi connectivity index (χ4n) is 2.43. The highest BCUT2D eigenvalue weighted by Crippen LogP contribution is 2.09. The maximum absolute atomic E-state index is 11.9. The van der Waals surface area contributed by atoms with Gasteiger partial charge >= 0.3 is 0 Å². The van der Waals surface area contributed by atoms with Crippen molar-refractivity contribution in [1.29, 1.82) is 0 Å². The van der Waals surface area contributed by atoms with Crippen molar-refractivity contribution in [3.05, 3.63) is 35.4 Å². The van der Waals surface area contributed by atoms with Crippen LogP contribution in [0.4, 0.5) is 0 Å². The molecule has 0 saturated carbocycles. The van der Waals surface area contributed by atoms with Crippen LogP contribution >= 0.6 is 24.8 Å². The predicted octanol–water partition coefficient (Wildman–Crippen LogP) is 1.36. The summed E-state index contributed by atoms with van der Waals surface area (Å²) in [5.41, 5.74) is 7.39. The highest BCUT2D eigenvalue weighted by Gasteiger charge is 2.14. The summed E-state index contributed by atoms with van der Waals surface area (Å²) < 4.78 is 0. The van der Waals surface area contributed by atoms with Gasteiger partial charge in [-0.1, -0.05) is 12.1 Å². The number of piperazine rings is 1. The summed E-state index contributed by atoms with van der Waals surface area (Å²) >= 11 is 0. The Labute approximate surface area is 151 Å². The first-order valence-corrected chi connectivity index (χ1v) is 7.67. The van der Waals surface area contributed by atoms with Crippen LogP contribution in [0.1, 0.15) is 22.3 Å². The minimum absolute atomic E-state index is 0. The number of halogens is 2. The Kier molecular flexibility index (Phi) is 11.2. The molecule has 0 spiro atoms. The average Bonchev–Trinajstić information content (AvgIpc) is 2.50. The molecular formula is C16H28Cl2N4O. The molecule has 1 amide bonds. The van der Waals surface area contributed by atoms with E-state index in [0.717, 1.165) is 39.1 Å². The second-order valence-corrected chi connectivity index (χ2v) is 5.67. The average molecular weight is 363 g/mol. The number of nitrogens with zero attached hydrogens (tertiary/aromatic N) is 2. The lowest BCUT2D eigenvalue weighted by atomic mass is 10.1. The van der Waals surface area contributed by atoms with Crippen molar-refractivity contribution in [3.8, 4) is 0 Å². The molecule has 1 aromatic carbocycles. The summed E-state index contributed by atoms with van der Waals surface area (Å²) in [6, 6.07) is 7.92. The van der Waals surface area contributed by atoms with Crippen molar-refractivity contribution in [1.82, 2.24) is 15.1 Å². The van der Waals surface area contributed by atoms with Crippen molar-refractivity contribution in [2.45, 2.75) is 13.0 Å². The SMILES string of the molecule is CN1CCN(Cc2ccc(C(=O)NCCCN)cc2)CC1.Cl.Cl. The highest BCUT2D eigenvalue weighted by molar-refractivity contribution is 5.94. The zero-order chi connectivity index (χ0) is 15.1. The van der Waals surface area contributed by atoms with E-state index in [1.807, 2.05) is 12.1 Å². The molecule has 1 aromatic rings. The van der Waals surface area contributed by atoms with E-state index in [2.05, 4.69) is 34.3 Å². The number of nitrogens with two attached hydrogens (primary N) is 1. The molecule has 0 atom stereocenters. The van der Waals surface area contributed by atoms with Crippen molar-refractivity contribution >= 4 is 30.7 Å².